The Labute approximate surface area is 124 Å². The largest absolute Gasteiger partial charge is 0.368 e. The van der Waals surface area contributed by atoms with E-state index in [9.17, 15) is 8.78 Å². The summed E-state index contributed by atoms with van der Waals surface area (Å²) in [7, 11) is 1.89. The first kappa shape index (κ1) is 15.4. The van der Waals surface area contributed by atoms with Crippen LogP contribution in [0.4, 0.5) is 14.5 Å². The van der Waals surface area contributed by atoms with Crippen molar-refractivity contribution >= 4 is 5.69 Å². The fourth-order valence-electron chi connectivity index (χ4n) is 2.36. The third-order valence-electron chi connectivity index (χ3n) is 3.99. The van der Waals surface area contributed by atoms with Crippen molar-refractivity contribution in [1.82, 2.24) is 0 Å². The fraction of sp³-hybridized carbons (Fsp3) is 0.294. The van der Waals surface area contributed by atoms with Gasteiger partial charge in [0.1, 0.15) is 11.6 Å². The molecule has 0 radical (unpaired) electrons. The summed E-state index contributed by atoms with van der Waals surface area (Å²) >= 11 is 0. The lowest BCUT2D eigenvalue weighted by Crippen LogP contribution is -2.51. The van der Waals surface area contributed by atoms with Crippen LogP contribution in [-0.4, -0.2) is 19.1 Å². The summed E-state index contributed by atoms with van der Waals surface area (Å²) in [5, 5.41) is 0. The van der Waals surface area contributed by atoms with Crippen LogP contribution >= 0.6 is 0 Å². The van der Waals surface area contributed by atoms with Crippen LogP contribution in [0.1, 0.15) is 12.5 Å². The van der Waals surface area contributed by atoms with Crippen molar-refractivity contribution in [1.29, 1.82) is 0 Å². The molecule has 0 fully saturated rings. The number of hydrogen-bond acceptors (Lipinski definition) is 2. The average molecular weight is 290 g/mol. The molecule has 4 heteroatoms. The summed E-state index contributed by atoms with van der Waals surface area (Å²) < 4.78 is 26.9. The number of nitrogens with two attached hydrogens (primary N) is 1. The molecule has 0 aliphatic carbocycles. The minimum atomic E-state index is -0.458. The fourth-order valence-corrected chi connectivity index (χ4v) is 2.36. The van der Waals surface area contributed by atoms with E-state index in [-0.39, 0.29) is 11.6 Å². The highest BCUT2D eigenvalue weighted by molar-refractivity contribution is 5.48. The molecular formula is C17H20F2N2. The Bertz CT molecular complexity index is 598. The maximum absolute atomic E-state index is 13.9. The SMILES string of the molecule is CN(c1ccc(F)cc1)C(C)(CN)Cc1ccccc1F. The summed E-state index contributed by atoms with van der Waals surface area (Å²) in [6.45, 7) is 2.33. The average Bonchev–Trinajstić information content (AvgIpc) is 2.49. The van der Waals surface area contributed by atoms with E-state index in [4.69, 9.17) is 5.73 Å². The smallest absolute Gasteiger partial charge is 0.126 e. The summed E-state index contributed by atoms with van der Waals surface area (Å²) in [6.07, 6.45) is 0.476. The molecule has 0 aliphatic heterocycles. The molecule has 2 nitrogen and oxygen atoms in total. The summed E-state index contributed by atoms with van der Waals surface area (Å²) in [5.41, 5.74) is 6.95. The molecule has 21 heavy (non-hydrogen) atoms. The second kappa shape index (κ2) is 6.22. The molecule has 0 amide bonds. The van der Waals surface area contributed by atoms with E-state index in [1.807, 2.05) is 24.9 Å². The zero-order valence-electron chi connectivity index (χ0n) is 12.3. The van der Waals surface area contributed by atoms with Gasteiger partial charge in [0.25, 0.3) is 0 Å². The normalized spacial score (nSPS) is 13.8. The lowest BCUT2D eigenvalue weighted by molar-refractivity contribution is 0.440. The molecule has 0 aliphatic rings. The van der Waals surface area contributed by atoms with Crippen molar-refractivity contribution < 1.29 is 8.78 Å². The summed E-state index contributed by atoms with van der Waals surface area (Å²) in [4.78, 5) is 1.97. The number of nitrogens with zero attached hydrogens (tertiary/aromatic N) is 1. The Morgan fingerprint density at radius 3 is 2.24 bits per heavy atom. The van der Waals surface area contributed by atoms with Gasteiger partial charge in [-0.1, -0.05) is 18.2 Å². The Balaban J connectivity index is 2.28. The van der Waals surface area contributed by atoms with Crippen molar-refractivity contribution in [2.24, 2.45) is 5.73 Å². The van der Waals surface area contributed by atoms with Crippen LogP contribution in [-0.2, 0) is 6.42 Å². The van der Waals surface area contributed by atoms with Crippen LogP contribution in [0.15, 0.2) is 48.5 Å². The van der Waals surface area contributed by atoms with Crippen LogP contribution < -0.4 is 10.6 Å². The van der Waals surface area contributed by atoms with Crippen LogP contribution in [0, 0.1) is 11.6 Å². The maximum atomic E-state index is 13.9. The minimum absolute atomic E-state index is 0.232. The Morgan fingerprint density at radius 2 is 1.67 bits per heavy atom. The van der Waals surface area contributed by atoms with E-state index < -0.39 is 5.54 Å². The summed E-state index contributed by atoms with van der Waals surface area (Å²) in [5.74, 6) is -0.514. The van der Waals surface area contributed by atoms with Crippen LogP contribution in [0.5, 0.6) is 0 Å². The van der Waals surface area contributed by atoms with Gasteiger partial charge in [0.2, 0.25) is 0 Å². The Hall–Kier alpha value is -1.94. The van der Waals surface area contributed by atoms with Gasteiger partial charge in [-0.15, -0.1) is 0 Å². The molecule has 1 atom stereocenters. The van der Waals surface area contributed by atoms with Crippen molar-refractivity contribution in [2.75, 3.05) is 18.5 Å². The van der Waals surface area contributed by atoms with Crippen LogP contribution in [0.2, 0.25) is 0 Å². The van der Waals surface area contributed by atoms with Crippen LogP contribution in [0.3, 0.4) is 0 Å². The van der Waals surface area contributed by atoms with Gasteiger partial charge in [0, 0.05) is 19.3 Å². The third kappa shape index (κ3) is 3.39. The molecule has 2 aromatic rings. The van der Waals surface area contributed by atoms with Gasteiger partial charge in [-0.25, -0.2) is 8.78 Å². The van der Waals surface area contributed by atoms with Crippen LogP contribution in [0.25, 0.3) is 0 Å². The second-order valence-electron chi connectivity index (χ2n) is 5.50. The molecule has 2 N–H and O–H groups in total. The minimum Gasteiger partial charge on any atom is -0.368 e. The first-order valence-electron chi connectivity index (χ1n) is 6.89. The molecule has 1 unspecified atom stereocenters. The number of likely N-dealkylation sites (N-methyl/N-ethyl adjacent to an activating group) is 1. The van der Waals surface area contributed by atoms with Gasteiger partial charge >= 0.3 is 0 Å². The number of benzene rings is 2. The molecular weight excluding hydrogens is 270 g/mol. The van der Waals surface area contributed by atoms with Gasteiger partial charge in [0.05, 0.1) is 5.54 Å². The van der Waals surface area contributed by atoms with Crippen molar-refractivity contribution in [3.05, 3.63) is 65.7 Å². The zero-order chi connectivity index (χ0) is 15.5. The Kier molecular flexibility index (Phi) is 4.58. The molecule has 2 aromatic carbocycles. The maximum Gasteiger partial charge on any atom is 0.126 e. The molecule has 0 bridgehead atoms. The molecule has 0 saturated carbocycles. The summed E-state index contributed by atoms with van der Waals surface area (Å²) in [6, 6.07) is 12.9. The second-order valence-corrected chi connectivity index (χ2v) is 5.50. The van der Waals surface area contributed by atoms with Gasteiger partial charge in [0.15, 0.2) is 0 Å². The molecule has 2 rings (SSSR count). The molecule has 0 saturated heterocycles. The van der Waals surface area contributed by atoms with Gasteiger partial charge in [-0.05, 0) is 49.2 Å². The van der Waals surface area contributed by atoms with Gasteiger partial charge in [-0.2, -0.15) is 0 Å². The number of hydrogen-bond donors (Lipinski definition) is 1. The molecule has 0 aromatic heterocycles. The predicted molar refractivity (Wildman–Crippen MR) is 82.4 cm³/mol. The lowest BCUT2D eigenvalue weighted by atomic mass is 9.90. The zero-order valence-corrected chi connectivity index (χ0v) is 12.3. The quantitative estimate of drug-likeness (QED) is 0.915. The topological polar surface area (TPSA) is 29.3 Å². The number of rotatable bonds is 5. The van der Waals surface area contributed by atoms with Gasteiger partial charge in [-0.3, -0.25) is 0 Å². The highest BCUT2D eigenvalue weighted by atomic mass is 19.1. The van der Waals surface area contributed by atoms with E-state index in [1.165, 1.54) is 18.2 Å². The van der Waals surface area contributed by atoms with E-state index >= 15 is 0 Å². The van der Waals surface area contributed by atoms with E-state index in [0.717, 1.165) is 5.69 Å². The number of anilines is 1. The first-order chi connectivity index (χ1) is 9.96. The third-order valence-corrected chi connectivity index (χ3v) is 3.99. The lowest BCUT2D eigenvalue weighted by Gasteiger charge is -2.40. The van der Waals surface area contributed by atoms with Crippen molar-refractivity contribution in [2.45, 2.75) is 18.9 Å². The standard InChI is InChI=1S/C17H20F2N2/c1-17(12-20,11-13-5-3-4-6-16(13)19)21(2)15-9-7-14(18)8-10-15/h3-10H,11-12,20H2,1-2H3. The molecule has 0 spiro atoms. The molecule has 0 heterocycles. The van der Waals surface area contributed by atoms with Crippen molar-refractivity contribution in [3.8, 4) is 0 Å². The van der Waals surface area contributed by atoms with Crippen molar-refractivity contribution in [3.63, 3.8) is 0 Å². The van der Waals surface area contributed by atoms with E-state index in [0.29, 0.717) is 18.5 Å². The Morgan fingerprint density at radius 1 is 1.05 bits per heavy atom. The highest BCUT2D eigenvalue weighted by Crippen LogP contribution is 2.26. The van der Waals surface area contributed by atoms with E-state index in [2.05, 4.69) is 0 Å². The predicted octanol–water partition coefficient (Wildman–Crippen LogP) is 3.36. The highest BCUT2D eigenvalue weighted by Gasteiger charge is 2.29. The van der Waals surface area contributed by atoms with Gasteiger partial charge < -0.3 is 10.6 Å². The molecule has 112 valence electrons. The number of halogens is 2. The van der Waals surface area contributed by atoms with E-state index in [1.54, 1.807) is 24.3 Å². The first-order valence-corrected chi connectivity index (χ1v) is 6.89. The monoisotopic (exact) mass is 290 g/mol.